The maximum atomic E-state index is 12.7. The number of benzene rings is 2. The monoisotopic (exact) mass is 375 g/mol. The van der Waals surface area contributed by atoms with E-state index in [9.17, 15) is 9.59 Å². The molecule has 1 amide bonds. The number of hydrogen-bond acceptors (Lipinski definition) is 3. The Morgan fingerprint density at radius 2 is 1.75 bits per heavy atom. The van der Waals surface area contributed by atoms with Gasteiger partial charge in [-0.15, -0.1) is 0 Å². The number of unbranched alkanes of at least 4 members (excludes halogenated alkanes) is 2. The van der Waals surface area contributed by atoms with E-state index in [0.717, 1.165) is 42.5 Å². The molecule has 1 aromatic heterocycles. The van der Waals surface area contributed by atoms with E-state index < -0.39 is 0 Å². The van der Waals surface area contributed by atoms with E-state index >= 15 is 0 Å². The fourth-order valence-electron chi connectivity index (χ4n) is 3.22. The molecule has 0 aliphatic rings. The first kappa shape index (κ1) is 19.5. The molecule has 0 saturated carbocycles. The van der Waals surface area contributed by atoms with Gasteiger partial charge in [0.2, 0.25) is 5.91 Å². The number of ketones is 1. The van der Waals surface area contributed by atoms with Crippen molar-refractivity contribution in [3.63, 3.8) is 0 Å². The minimum Gasteiger partial charge on any atom is -0.353 e. The van der Waals surface area contributed by atoms with E-state index in [1.54, 1.807) is 0 Å². The highest BCUT2D eigenvalue weighted by atomic mass is 16.1. The molecule has 0 aliphatic carbocycles. The standard InChI is InChI=1S/C23H25N3O2/c1-2-23(28)24-16-10-4-7-15-22-25-19-13-8-9-14-20(19)26(22)17-21(27)18-11-5-3-6-12-18/h2-3,5-6,8-9,11-14H,1,4,7,10,15-17H2,(H,24,28). The largest absolute Gasteiger partial charge is 0.353 e. The Hall–Kier alpha value is -3.21. The minimum absolute atomic E-state index is 0.0807. The summed E-state index contributed by atoms with van der Waals surface area (Å²) in [6, 6.07) is 17.3. The van der Waals surface area contributed by atoms with E-state index in [0.29, 0.717) is 12.1 Å². The SMILES string of the molecule is C=CC(=O)NCCCCCc1nc2ccccc2n1CC(=O)c1ccccc1. The van der Waals surface area contributed by atoms with E-state index in [4.69, 9.17) is 4.98 Å². The molecule has 1 heterocycles. The molecule has 0 aliphatic heterocycles. The van der Waals surface area contributed by atoms with Gasteiger partial charge in [-0.2, -0.15) is 0 Å². The summed E-state index contributed by atoms with van der Waals surface area (Å²) >= 11 is 0. The third-order valence-electron chi connectivity index (χ3n) is 4.69. The average molecular weight is 375 g/mol. The molecule has 0 saturated heterocycles. The fraction of sp³-hybridized carbons (Fsp3) is 0.261. The quantitative estimate of drug-likeness (QED) is 0.332. The number of hydrogen-bond donors (Lipinski definition) is 1. The van der Waals surface area contributed by atoms with Crippen molar-refractivity contribution in [2.45, 2.75) is 32.2 Å². The first-order valence-electron chi connectivity index (χ1n) is 9.61. The van der Waals surface area contributed by atoms with Crippen LogP contribution in [0.15, 0.2) is 67.3 Å². The van der Waals surface area contributed by atoms with Gasteiger partial charge in [0.25, 0.3) is 0 Å². The van der Waals surface area contributed by atoms with Gasteiger partial charge in [0.1, 0.15) is 5.82 Å². The lowest BCUT2D eigenvalue weighted by Crippen LogP contribution is -2.21. The topological polar surface area (TPSA) is 64.0 Å². The lowest BCUT2D eigenvalue weighted by Gasteiger charge is -2.09. The van der Waals surface area contributed by atoms with Crippen molar-refractivity contribution in [2.75, 3.05) is 6.54 Å². The van der Waals surface area contributed by atoms with Crippen molar-refractivity contribution in [1.29, 1.82) is 0 Å². The summed E-state index contributed by atoms with van der Waals surface area (Å²) in [6.07, 6.45) is 4.92. The summed E-state index contributed by atoms with van der Waals surface area (Å²) in [5.41, 5.74) is 2.61. The summed E-state index contributed by atoms with van der Waals surface area (Å²) < 4.78 is 2.03. The van der Waals surface area contributed by atoms with Gasteiger partial charge < -0.3 is 9.88 Å². The number of amides is 1. The maximum Gasteiger partial charge on any atom is 0.243 e. The summed E-state index contributed by atoms with van der Waals surface area (Å²) in [6.45, 7) is 4.37. The van der Waals surface area contributed by atoms with Crippen LogP contribution in [0.2, 0.25) is 0 Å². The first-order chi connectivity index (χ1) is 13.7. The average Bonchev–Trinajstić information content (AvgIpc) is 3.08. The van der Waals surface area contributed by atoms with Crippen LogP contribution in [-0.2, 0) is 17.8 Å². The van der Waals surface area contributed by atoms with Crippen LogP contribution in [0.3, 0.4) is 0 Å². The van der Waals surface area contributed by atoms with Crippen LogP contribution in [0.25, 0.3) is 11.0 Å². The molecule has 28 heavy (non-hydrogen) atoms. The molecule has 0 spiro atoms. The summed E-state index contributed by atoms with van der Waals surface area (Å²) in [7, 11) is 0. The molecule has 3 rings (SSSR count). The van der Waals surface area contributed by atoms with Crippen molar-refractivity contribution in [1.82, 2.24) is 14.9 Å². The van der Waals surface area contributed by atoms with Gasteiger partial charge in [-0.1, -0.05) is 55.5 Å². The number of rotatable bonds is 10. The fourth-order valence-corrected chi connectivity index (χ4v) is 3.22. The third kappa shape index (κ3) is 4.94. The molecule has 5 heteroatoms. The lowest BCUT2D eigenvalue weighted by atomic mass is 10.1. The molecular weight excluding hydrogens is 350 g/mol. The number of fused-ring (bicyclic) bond motifs is 1. The number of carbonyl (C=O) groups is 2. The molecule has 144 valence electrons. The Labute approximate surface area is 165 Å². The van der Waals surface area contributed by atoms with Gasteiger partial charge >= 0.3 is 0 Å². The number of aromatic nitrogens is 2. The minimum atomic E-state index is -0.138. The molecule has 1 N–H and O–H groups in total. The molecule has 0 unspecified atom stereocenters. The van der Waals surface area contributed by atoms with Gasteiger partial charge in [0, 0.05) is 18.5 Å². The van der Waals surface area contributed by atoms with Gasteiger partial charge in [-0.25, -0.2) is 4.98 Å². The van der Waals surface area contributed by atoms with Crippen molar-refractivity contribution in [3.8, 4) is 0 Å². The second-order valence-corrected chi connectivity index (χ2v) is 6.70. The van der Waals surface area contributed by atoms with E-state index in [2.05, 4.69) is 11.9 Å². The van der Waals surface area contributed by atoms with Crippen LogP contribution < -0.4 is 5.32 Å². The van der Waals surface area contributed by atoms with Crippen molar-refractivity contribution in [2.24, 2.45) is 0 Å². The third-order valence-corrected chi connectivity index (χ3v) is 4.69. The van der Waals surface area contributed by atoms with Crippen molar-refractivity contribution in [3.05, 3.63) is 78.6 Å². The van der Waals surface area contributed by atoms with Crippen LogP contribution in [0.1, 0.15) is 35.4 Å². The van der Waals surface area contributed by atoms with E-state index in [1.807, 2.05) is 59.2 Å². The first-order valence-corrected chi connectivity index (χ1v) is 9.61. The number of carbonyl (C=O) groups excluding carboxylic acids is 2. The van der Waals surface area contributed by atoms with Crippen LogP contribution >= 0.6 is 0 Å². The van der Waals surface area contributed by atoms with Crippen molar-refractivity contribution < 1.29 is 9.59 Å². The number of aryl methyl sites for hydroxylation is 1. The van der Waals surface area contributed by atoms with Crippen LogP contribution in [0.4, 0.5) is 0 Å². The second kappa shape index (κ2) is 9.65. The second-order valence-electron chi connectivity index (χ2n) is 6.70. The van der Waals surface area contributed by atoms with E-state index in [-0.39, 0.29) is 18.2 Å². The maximum absolute atomic E-state index is 12.7. The summed E-state index contributed by atoms with van der Waals surface area (Å²) in [5, 5.41) is 2.79. The van der Waals surface area contributed by atoms with Crippen LogP contribution in [0, 0.1) is 0 Å². The smallest absolute Gasteiger partial charge is 0.243 e. The Morgan fingerprint density at radius 3 is 2.54 bits per heavy atom. The number of para-hydroxylation sites is 2. The molecule has 0 bridgehead atoms. The van der Waals surface area contributed by atoms with Gasteiger partial charge in [0.15, 0.2) is 5.78 Å². The molecule has 3 aromatic rings. The zero-order valence-electron chi connectivity index (χ0n) is 15.9. The number of imidazole rings is 1. The number of Topliss-reactive ketones (excluding diaryl/α,β-unsaturated/α-hetero) is 1. The molecule has 0 atom stereocenters. The van der Waals surface area contributed by atoms with Crippen LogP contribution in [0.5, 0.6) is 0 Å². The highest BCUT2D eigenvalue weighted by molar-refractivity contribution is 5.96. The molecule has 0 fully saturated rings. The zero-order chi connectivity index (χ0) is 19.8. The molecule has 2 aromatic carbocycles. The summed E-state index contributed by atoms with van der Waals surface area (Å²) in [4.78, 5) is 28.6. The highest BCUT2D eigenvalue weighted by Crippen LogP contribution is 2.19. The Morgan fingerprint density at radius 1 is 1.00 bits per heavy atom. The Balaban J connectivity index is 1.66. The predicted octanol–water partition coefficient (Wildman–Crippen LogP) is 3.93. The van der Waals surface area contributed by atoms with Gasteiger partial charge in [-0.05, 0) is 31.1 Å². The number of nitrogens with one attached hydrogen (secondary N) is 1. The summed E-state index contributed by atoms with van der Waals surface area (Å²) in [5.74, 6) is 0.874. The Bertz CT molecular complexity index is 960. The Kier molecular flexibility index (Phi) is 6.73. The van der Waals surface area contributed by atoms with Gasteiger partial charge in [0.05, 0.1) is 17.6 Å². The van der Waals surface area contributed by atoms with Gasteiger partial charge in [-0.3, -0.25) is 9.59 Å². The predicted molar refractivity (Wildman–Crippen MR) is 111 cm³/mol. The highest BCUT2D eigenvalue weighted by Gasteiger charge is 2.14. The molecule has 0 radical (unpaired) electrons. The normalized spacial score (nSPS) is 10.7. The zero-order valence-corrected chi connectivity index (χ0v) is 15.9. The number of nitrogens with zero attached hydrogens (tertiary/aromatic N) is 2. The lowest BCUT2D eigenvalue weighted by molar-refractivity contribution is -0.116. The molecule has 5 nitrogen and oxygen atoms in total. The van der Waals surface area contributed by atoms with Crippen molar-refractivity contribution >= 4 is 22.7 Å². The van der Waals surface area contributed by atoms with E-state index in [1.165, 1.54) is 6.08 Å². The molecular formula is C23H25N3O2. The van der Waals surface area contributed by atoms with Crippen LogP contribution in [-0.4, -0.2) is 27.8 Å².